The van der Waals surface area contributed by atoms with Crippen LogP contribution in [0.1, 0.15) is 23.2 Å². The highest BCUT2D eigenvalue weighted by molar-refractivity contribution is 7.08. The maximum Gasteiger partial charge on any atom is 0.254 e. The van der Waals surface area contributed by atoms with E-state index in [1.54, 1.807) is 25.6 Å². The van der Waals surface area contributed by atoms with E-state index < -0.39 is 0 Å². The number of carbonyl (C=O) groups excluding carboxylic acids is 1. The van der Waals surface area contributed by atoms with Crippen molar-refractivity contribution in [1.29, 1.82) is 0 Å². The van der Waals surface area contributed by atoms with Crippen molar-refractivity contribution in [2.45, 2.75) is 12.8 Å². The minimum Gasteiger partial charge on any atom is -0.384 e. The van der Waals surface area contributed by atoms with Crippen molar-refractivity contribution in [3.05, 3.63) is 22.4 Å². The Morgan fingerprint density at radius 3 is 2.75 bits per heavy atom. The second-order valence-corrected chi connectivity index (χ2v) is 7.83. The SMILES string of the molecule is COCCN1C[C@@H](COC)C2(CCN(C(=O)c3ccsc3)CC2)C1. The first-order valence-electron chi connectivity index (χ1n) is 8.70. The third-order valence-electron chi connectivity index (χ3n) is 5.68. The molecule has 134 valence electrons. The first-order valence-corrected chi connectivity index (χ1v) is 9.64. The Labute approximate surface area is 148 Å². The van der Waals surface area contributed by atoms with Crippen LogP contribution in [-0.4, -0.2) is 75.9 Å². The van der Waals surface area contributed by atoms with E-state index in [1.807, 2.05) is 21.7 Å². The average molecular weight is 353 g/mol. The van der Waals surface area contributed by atoms with Gasteiger partial charge < -0.3 is 19.3 Å². The van der Waals surface area contributed by atoms with Gasteiger partial charge in [0.05, 0.1) is 18.8 Å². The lowest BCUT2D eigenvalue weighted by Gasteiger charge is -2.42. The fourth-order valence-corrected chi connectivity index (χ4v) is 4.89. The summed E-state index contributed by atoms with van der Waals surface area (Å²) in [6.07, 6.45) is 2.14. The number of methoxy groups -OCH3 is 2. The van der Waals surface area contributed by atoms with Crippen LogP contribution >= 0.6 is 11.3 Å². The second-order valence-electron chi connectivity index (χ2n) is 7.05. The van der Waals surface area contributed by atoms with Gasteiger partial charge >= 0.3 is 0 Å². The summed E-state index contributed by atoms with van der Waals surface area (Å²) < 4.78 is 10.7. The van der Waals surface area contributed by atoms with Crippen LogP contribution in [0, 0.1) is 11.3 Å². The second kappa shape index (κ2) is 7.95. The van der Waals surface area contributed by atoms with Gasteiger partial charge in [-0.2, -0.15) is 11.3 Å². The molecule has 0 aliphatic carbocycles. The fraction of sp³-hybridized carbons (Fsp3) is 0.722. The van der Waals surface area contributed by atoms with E-state index in [2.05, 4.69) is 4.90 Å². The summed E-state index contributed by atoms with van der Waals surface area (Å²) in [4.78, 5) is 17.1. The van der Waals surface area contributed by atoms with Gasteiger partial charge in [0.15, 0.2) is 0 Å². The number of thiophene rings is 1. The molecule has 0 bridgehead atoms. The lowest BCUT2D eigenvalue weighted by molar-refractivity contribution is 0.0321. The van der Waals surface area contributed by atoms with E-state index in [4.69, 9.17) is 9.47 Å². The van der Waals surface area contributed by atoms with Crippen LogP contribution in [0.3, 0.4) is 0 Å². The number of hydrogen-bond donors (Lipinski definition) is 0. The molecular formula is C18H28N2O3S. The minimum atomic E-state index is 0.184. The fourth-order valence-electron chi connectivity index (χ4n) is 4.26. The number of nitrogens with zero attached hydrogens (tertiary/aromatic N) is 2. The summed E-state index contributed by atoms with van der Waals surface area (Å²) in [5.41, 5.74) is 1.12. The van der Waals surface area contributed by atoms with Crippen molar-refractivity contribution >= 4 is 17.2 Å². The number of piperidine rings is 1. The molecule has 2 saturated heterocycles. The van der Waals surface area contributed by atoms with E-state index in [-0.39, 0.29) is 11.3 Å². The van der Waals surface area contributed by atoms with Gasteiger partial charge in [-0.05, 0) is 29.7 Å². The molecule has 5 nitrogen and oxygen atoms in total. The molecule has 2 aliphatic rings. The molecule has 1 atom stereocenters. The maximum absolute atomic E-state index is 12.6. The molecule has 0 aromatic carbocycles. The zero-order valence-electron chi connectivity index (χ0n) is 14.7. The quantitative estimate of drug-likeness (QED) is 0.787. The monoisotopic (exact) mass is 352 g/mol. The molecule has 1 amide bonds. The number of carbonyl (C=O) groups is 1. The lowest BCUT2D eigenvalue weighted by Crippen LogP contribution is -2.47. The van der Waals surface area contributed by atoms with Crippen molar-refractivity contribution in [3.8, 4) is 0 Å². The number of amides is 1. The Morgan fingerprint density at radius 2 is 2.12 bits per heavy atom. The molecule has 3 heterocycles. The molecule has 1 spiro atoms. The average Bonchev–Trinajstić information content (AvgIpc) is 3.23. The third-order valence-corrected chi connectivity index (χ3v) is 6.36. The minimum absolute atomic E-state index is 0.184. The number of likely N-dealkylation sites (tertiary alicyclic amines) is 2. The molecule has 2 fully saturated rings. The summed E-state index contributed by atoms with van der Waals surface area (Å²) in [5, 5.41) is 3.92. The van der Waals surface area contributed by atoms with E-state index in [9.17, 15) is 4.79 Å². The van der Waals surface area contributed by atoms with Crippen LogP contribution in [-0.2, 0) is 9.47 Å². The molecule has 3 rings (SSSR count). The normalized spacial score (nSPS) is 23.9. The van der Waals surface area contributed by atoms with Gasteiger partial charge in [0, 0.05) is 58.2 Å². The smallest absolute Gasteiger partial charge is 0.254 e. The Bertz CT molecular complexity index is 526. The van der Waals surface area contributed by atoms with Crippen LogP contribution in [0.4, 0.5) is 0 Å². The standard InChI is InChI=1S/C18H28N2O3S/c1-22-9-8-19-11-16(12-23-2)18(14-19)4-6-20(7-5-18)17(21)15-3-10-24-13-15/h3,10,13,16H,4-9,11-12,14H2,1-2H3/t16-/m0/s1. The Morgan fingerprint density at radius 1 is 1.33 bits per heavy atom. The van der Waals surface area contributed by atoms with Gasteiger partial charge in [0.2, 0.25) is 0 Å². The largest absolute Gasteiger partial charge is 0.384 e. The lowest BCUT2D eigenvalue weighted by atomic mass is 9.71. The van der Waals surface area contributed by atoms with Crippen molar-refractivity contribution in [2.24, 2.45) is 11.3 Å². The zero-order valence-corrected chi connectivity index (χ0v) is 15.5. The number of rotatable bonds is 6. The molecule has 6 heteroatoms. The van der Waals surface area contributed by atoms with Gasteiger partial charge in [-0.3, -0.25) is 4.79 Å². The first-order chi connectivity index (χ1) is 11.7. The van der Waals surface area contributed by atoms with E-state index in [0.29, 0.717) is 5.92 Å². The van der Waals surface area contributed by atoms with Gasteiger partial charge in [-0.25, -0.2) is 0 Å². The van der Waals surface area contributed by atoms with Crippen LogP contribution in [0.2, 0.25) is 0 Å². The van der Waals surface area contributed by atoms with Crippen LogP contribution in [0.5, 0.6) is 0 Å². The van der Waals surface area contributed by atoms with Crippen LogP contribution in [0.25, 0.3) is 0 Å². The highest BCUT2D eigenvalue weighted by atomic mass is 32.1. The molecule has 0 unspecified atom stereocenters. The molecule has 1 aromatic heterocycles. The summed E-state index contributed by atoms with van der Waals surface area (Å²) >= 11 is 1.58. The predicted octanol–water partition coefficient (Wildman–Crippen LogP) is 2.20. The zero-order chi connectivity index (χ0) is 17.0. The Kier molecular flexibility index (Phi) is 5.92. The van der Waals surface area contributed by atoms with Crippen molar-refractivity contribution in [2.75, 3.05) is 60.2 Å². The highest BCUT2D eigenvalue weighted by Gasteiger charge is 2.48. The van der Waals surface area contributed by atoms with Crippen LogP contribution < -0.4 is 0 Å². The summed E-state index contributed by atoms with van der Waals surface area (Å²) in [7, 11) is 3.55. The van der Waals surface area contributed by atoms with E-state index in [1.165, 1.54) is 0 Å². The summed E-state index contributed by atoms with van der Waals surface area (Å²) in [5.74, 6) is 0.737. The molecule has 0 radical (unpaired) electrons. The third kappa shape index (κ3) is 3.67. The molecule has 2 aliphatic heterocycles. The van der Waals surface area contributed by atoms with E-state index >= 15 is 0 Å². The molecular weight excluding hydrogens is 324 g/mol. The summed E-state index contributed by atoms with van der Waals surface area (Å²) in [6, 6.07) is 1.92. The Balaban J connectivity index is 1.62. The van der Waals surface area contributed by atoms with Crippen LogP contribution in [0.15, 0.2) is 16.8 Å². The highest BCUT2D eigenvalue weighted by Crippen LogP contribution is 2.44. The van der Waals surface area contributed by atoms with Gasteiger partial charge in [-0.1, -0.05) is 0 Å². The maximum atomic E-state index is 12.6. The van der Waals surface area contributed by atoms with Crippen molar-refractivity contribution in [1.82, 2.24) is 9.80 Å². The Hall–Kier alpha value is -0.950. The summed E-state index contributed by atoms with van der Waals surface area (Å²) in [6.45, 7) is 6.46. The van der Waals surface area contributed by atoms with Crippen molar-refractivity contribution < 1.29 is 14.3 Å². The molecule has 1 aromatic rings. The first kappa shape index (κ1) is 17.9. The van der Waals surface area contributed by atoms with Gasteiger partial charge in [0.1, 0.15) is 0 Å². The van der Waals surface area contributed by atoms with Gasteiger partial charge in [0.25, 0.3) is 5.91 Å². The molecule has 24 heavy (non-hydrogen) atoms. The predicted molar refractivity (Wildman–Crippen MR) is 95.6 cm³/mol. The topological polar surface area (TPSA) is 42.0 Å². The van der Waals surface area contributed by atoms with E-state index in [0.717, 1.165) is 64.3 Å². The molecule has 0 N–H and O–H groups in total. The van der Waals surface area contributed by atoms with Gasteiger partial charge in [-0.15, -0.1) is 0 Å². The van der Waals surface area contributed by atoms with Crippen molar-refractivity contribution in [3.63, 3.8) is 0 Å². The number of ether oxygens (including phenoxy) is 2. The number of hydrogen-bond acceptors (Lipinski definition) is 5. The molecule has 0 saturated carbocycles.